The minimum Gasteiger partial charge on any atom is -0.311 e. The predicted octanol–water partition coefficient (Wildman–Crippen LogP) is 4.40. The second-order valence-corrected chi connectivity index (χ2v) is 8.20. The lowest BCUT2D eigenvalue weighted by molar-refractivity contribution is 0.00334. The molecule has 20 heavy (non-hydrogen) atoms. The maximum Gasteiger partial charge on any atom is 0.0346 e. The summed E-state index contributed by atoms with van der Waals surface area (Å²) in [7, 11) is 0. The molecule has 1 unspecified atom stereocenters. The van der Waals surface area contributed by atoms with E-state index in [4.69, 9.17) is 0 Å². The average molecular weight is 357 g/mol. The molecule has 112 valence electrons. The number of nitrogens with zero attached hydrogens (tertiary/aromatic N) is 1. The summed E-state index contributed by atoms with van der Waals surface area (Å²) in [5, 5.41) is 6.00. The van der Waals surface area contributed by atoms with Crippen molar-refractivity contribution in [2.45, 2.75) is 63.6 Å². The van der Waals surface area contributed by atoms with E-state index < -0.39 is 0 Å². The first-order chi connectivity index (χ1) is 9.73. The SMILES string of the molecule is CCC1CN(Cc2sccc2Br)C2(CCCCC2)CN1. The van der Waals surface area contributed by atoms with Crippen LogP contribution in [0.15, 0.2) is 15.9 Å². The molecule has 2 aliphatic rings. The fourth-order valence-corrected chi connectivity index (χ4v) is 5.28. The molecular formula is C16H25BrN2S. The molecule has 1 N–H and O–H groups in total. The number of hydrogen-bond donors (Lipinski definition) is 1. The van der Waals surface area contributed by atoms with Crippen LogP contribution in [0.5, 0.6) is 0 Å². The zero-order valence-corrected chi connectivity index (χ0v) is 14.7. The first-order valence-electron chi connectivity index (χ1n) is 7.94. The molecule has 4 heteroatoms. The summed E-state index contributed by atoms with van der Waals surface area (Å²) in [5.41, 5.74) is 0.424. The second-order valence-electron chi connectivity index (χ2n) is 6.34. The molecule has 1 atom stereocenters. The van der Waals surface area contributed by atoms with Gasteiger partial charge in [0.2, 0.25) is 0 Å². The molecule has 1 aliphatic carbocycles. The van der Waals surface area contributed by atoms with Gasteiger partial charge in [-0.05, 0) is 46.6 Å². The van der Waals surface area contributed by atoms with Crippen LogP contribution in [0.4, 0.5) is 0 Å². The van der Waals surface area contributed by atoms with Crippen LogP contribution in [-0.4, -0.2) is 29.6 Å². The van der Waals surface area contributed by atoms with E-state index >= 15 is 0 Å². The number of nitrogens with one attached hydrogen (secondary N) is 1. The summed E-state index contributed by atoms with van der Waals surface area (Å²) in [5.74, 6) is 0. The fraction of sp³-hybridized carbons (Fsp3) is 0.750. The van der Waals surface area contributed by atoms with Gasteiger partial charge >= 0.3 is 0 Å². The van der Waals surface area contributed by atoms with Crippen LogP contribution in [0.1, 0.15) is 50.3 Å². The highest BCUT2D eigenvalue weighted by molar-refractivity contribution is 9.10. The minimum atomic E-state index is 0.424. The highest BCUT2D eigenvalue weighted by Gasteiger charge is 2.41. The molecular weight excluding hydrogens is 332 g/mol. The summed E-state index contributed by atoms with van der Waals surface area (Å²) in [6.45, 7) is 5.82. The van der Waals surface area contributed by atoms with E-state index in [2.05, 4.69) is 44.5 Å². The maximum atomic E-state index is 3.80. The third-order valence-corrected chi connectivity index (χ3v) is 7.05. The second kappa shape index (κ2) is 6.47. The first kappa shape index (κ1) is 15.0. The molecule has 1 aromatic heterocycles. The molecule has 1 spiro atoms. The Kier molecular flexibility index (Phi) is 4.86. The Balaban J connectivity index is 1.79. The molecule has 0 bridgehead atoms. The van der Waals surface area contributed by atoms with Gasteiger partial charge in [-0.25, -0.2) is 0 Å². The van der Waals surface area contributed by atoms with Crippen molar-refractivity contribution in [2.75, 3.05) is 13.1 Å². The fourth-order valence-electron chi connectivity index (χ4n) is 3.79. The summed E-state index contributed by atoms with van der Waals surface area (Å²) in [4.78, 5) is 4.29. The Morgan fingerprint density at radius 3 is 2.85 bits per heavy atom. The zero-order chi connectivity index (χ0) is 14.0. The number of rotatable bonds is 3. The third-order valence-electron chi connectivity index (χ3n) is 5.13. The largest absolute Gasteiger partial charge is 0.311 e. The summed E-state index contributed by atoms with van der Waals surface area (Å²) >= 11 is 5.60. The first-order valence-corrected chi connectivity index (χ1v) is 9.61. The predicted molar refractivity (Wildman–Crippen MR) is 90.3 cm³/mol. The van der Waals surface area contributed by atoms with Crippen molar-refractivity contribution in [3.05, 3.63) is 20.8 Å². The lowest BCUT2D eigenvalue weighted by Crippen LogP contribution is -2.64. The average Bonchev–Trinajstić information content (AvgIpc) is 2.88. The van der Waals surface area contributed by atoms with E-state index in [1.807, 2.05) is 11.3 Å². The third kappa shape index (κ3) is 2.99. The quantitative estimate of drug-likeness (QED) is 0.863. The summed E-state index contributed by atoms with van der Waals surface area (Å²) < 4.78 is 1.29. The van der Waals surface area contributed by atoms with Gasteiger partial charge in [-0.3, -0.25) is 4.90 Å². The van der Waals surface area contributed by atoms with Crippen molar-refractivity contribution < 1.29 is 0 Å². The Morgan fingerprint density at radius 1 is 1.40 bits per heavy atom. The zero-order valence-electron chi connectivity index (χ0n) is 12.3. The molecule has 1 aliphatic heterocycles. The van der Waals surface area contributed by atoms with Crippen LogP contribution in [0, 0.1) is 0 Å². The Hall–Kier alpha value is 0.1000. The van der Waals surface area contributed by atoms with E-state index in [0.717, 1.165) is 6.54 Å². The molecule has 1 saturated heterocycles. The highest BCUT2D eigenvalue weighted by Crippen LogP contribution is 2.38. The smallest absolute Gasteiger partial charge is 0.0346 e. The Morgan fingerprint density at radius 2 is 2.20 bits per heavy atom. The van der Waals surface area contributed by atoms with Gasteiger partial charge in [-0.2, -0.15) is 0 Å². The number of halogens is 1. The van der Waals surface area contributed by atoms with E-state index in [0.29, 0.717) is 11.6 Å². The monoisotopic (exact) mass is 356 g/mol. The lowest BCUT2D eigenvalue weighted by atomic mass is 9.78. The summed E-state index contributed by atoms with van der Waals surface area (Å²) in [6, 6.07) is 2.86. The molecule has 3 rings (SSSR count). The molecule has 0 amide bonds. The van der Waals surface area contributed by atoms with Gasteiger partial charge in [0.25, 0.3) is 0 Å². The number of thiophene rings is 1. The highest BCUT2D eigenvalue weighted by atomic mass is 79.9. The molecule has 0 aromatic carbocycles. The molecule has 1 aromatic rings. The van der Waals surface area contributed by atoms with Crippen LogP contribution in [0.2, 0.25) is 0 Å². The number of hydrogen-bond acceptors (Lipinski definition) is 3. The lowest BCUT2D eigenvalue weighted by Gasteiger charge is -2.52. The van der Waals surface area contributed by atoms with E-state index in [9.17, 15) is 0 Å². The van der Waals surface area contributed by atoms with Crippen molar-refractivity contribution >= 4 is 27.3 Å². The van der Waals surface area contributed by atoms with E-state index in [1.54, 1.807) is 0 Å². The minimum absolute atomic E-state index is 0.424. The van der Waals surface area contributed by atoms with Crippen LogP contribution in [-0.2, 0) is 6.54 Å². The van der Waals surface area contributed by atoms with Crippen LogP contribution in [0.3, 0.4) is 0 Å². The number of piperazine rings is 1. The van der Waals surface area contributed by atoms with Gasteiger partial charge in [-0.1, -0.05) is 26.2 Å². The molecule has 0 radical (unpaired) electrons. The topological polar surface area (TPSA) is 15.3 Å². The van der Waals surface area contributed by atoms with Gasteiger partial charge in [0.1, 0.15) is 0 Å². The van der Waals surface area contributed by atoms with E-state index in [-0.39, 0.29) is 0 Å². The van der Waals surface area contributed by atoms with Gasteiger partial charge < -0.3 is 5.32 Å². The molecule has 1 saturated carbocycles. The van der Waals surface area contributed by atoms with Crippen LogP contribution < -0.4 is 5.32 Å². The van der Waals surface area contributed by atoms with E-state index in [1.165, 1.54) is 61.0 Å². The van der Waals surface area contributed by atoms with Crippen LogP contribution in [0.25, 0.3) is 0 Å². The van der Waals surface area contributed by atoms with Gasteiger partial charge in [-0.15, -0.1) is 11.3 Å². The van der Waals surface area contributed by atoms with Gasteiger partial charge in [0.05, 0.1) is 0 Å². The van der Waals surface area contributed by atoms with Crippen molar-refractivity contribution in [3.63, 3.8) is 0 Å². The van der Waals surface area contributed by atoms with Gasteiger partial charge in [0.15, 0.2) is 0 Å². The standard InChI is InChI=1S/C16H25BrN2S/c1-2-13-10-19(11-15-14(17)6-9-20-15)16(12-18-13)7-4-3-5-8-16/h6,9,13,18H,2-5,7-8,10-12H2,1H3. The normalized spacial score (nSPS) is 27.0. The van der Waals surface area contributed by atoms with Crippen molar-refractivity contribution in [1.82, 2.24) is 10.2 Å². The summed E-state index contributed by atoms with van der Waals surface area (Å²) in [6.07, 6.45) is 8.22. The Labute approximate surface area is 135 Å². The van der Waals surface area contributed by atoms with Gasteiger partial charge in [0, 0.05) is 40.6 Å². The van der Waals surface area contributed by atoms with Crippen molar-refractivity contribution in [3.8, 4) is 0 Å². The molecule has 2 heterocycles. The van der Waals surface area contributed by atoms with Crippen molar-refractivity contribution in [1.29, 1.82) is 0 Å². The molecule has 2 fully saturated rings. The van der Waals surface area contributed by atoms with Crippen LogP contribution >= 0.6 is 27.3 Å². The Bertz CT molecular complexity index is 439. The maximum absolute atomic E-state index is 3.80. The molecule has 2 nitrogen and oxygen atoms in total. The van der Waals surface area contributed by atoms with Crippen molar-refractivity contribution in [2.24, 2.45) is 0 Å².